The first-order valence-electron chi connectivity index (χ1n) is 6.57. The third-order valence-corrected chi connectivity index (χ3v) is 3.17. The zero-order chi connectivity index (χ0) is 12.8. The lowest BCUT2D eigenvalue weighted by atomic mass is 9.96. The van der Waals surface area contributed by atoms with Crippen molar-refractivity contribution in [2.24, 2.45) is 5.73 Å². The van der Waals surface area contributed by atoms with Crippen LogP contribution in [0.1, 0.15) is 57.2 Å². The average molecular weight is 235 g/mol. The van der Waals surface area contributed by atoms with Crippen molar-refractivity contribution < 1.29 is 4.74 Å². The van der Waals surface area contributed by atoms with E-state index in [1.807, 2.05) is 6.92 Å². The summed E-state index contributed by atoms with van der Waals surface area (Å²) in [5.41, 5.74) is 8.75. The largest absolute Gasteiger partial charge is 0.377 e. The highest BCUT2D eigenvalue weighted by Crippen LogP contribution is 2.22. The van der Waals surface area contributed by atoms with E-state index in [9.17, 15) is 0 Å². The number of rotatable bonds is 6. The average Bonchev–Trinajstić information content (AvgIpc) is 2.35. The Bertz CT molecular complexity index is 318. The second-order valence-electron chi connectivity index (χ2n) is 4.75. The maximum Gasteiger partial charge on any atom is 0.0764 e. The summed E-state index contributed by atoms with van der Waals surface area (Å²) in [6.07, 6.45) is 1.06. The molecule has 96 valence electrons. The van der Waals surface area contributed by atoms with Crippen LogP contribution in [0.2, 0.25) is 0 Å². The van der Waals surface area contributed by atoms with E-state index < -0.39 is 0 Å². The highest BCUT2D eigenvalue weighted by atomic mass is 16.5. The lowest BCUT2D eigenvalue weighted by Crippen LogP contribution is -2.28. The predicted octanol–water partition coefficient (Wildman–Crippen LogP) is 3.62. The van der Waals surface area contributed by atoms with Gasteiger partial charge in [0.05, 0.1) is 12.1 Å². The topological polar surface area (TPSA) is 35.2 Å². The van der Waals surface area contributed by atoms with Crippen molar-refractivity contribution in [2.75, 3.05) is 6.61 Å². The minimum absolute atomic E-state index is 0.0267. The van der Waals surface area contributed by atoms with Gasteiger partial charge >= 0.3 is 0 Å². The van der Waals surface area contributed by atoms with Gasteiger partial charge in [-0.05, 0) is 30.4 Å². The van der Waals surface area contributed by atoms with Crippen LogP contribution < -0.4 is 5.73 Å². The molecule has 0 bridgehead atoms. The summed E-state index contributed by atoms with van der Waals surface area (Å²) >= 11 is 0. The molecule has 0 saturated heterocycles. The van der Waals surface area contributed by atoms with E-state index in [0.29, 0.717) is 5.92 Å². The summed E-state index contributed by atoms with van der Waals surface area (Å²) in [5, 5.41) is 0. The number of benzene rings is 1. The van der Waals surface area contributed by atoms with E-state index in [0.717, 1.165) is 18.6 Å². The maximum absolute atomic E-state index is 6.24. The van der Waals surface area contributed by atoms with Crippen LogP contribution in [0, 0.1) is 0 Å². The third kappa shape index (κ3) is 3.83. The van der Waals surface area contributed by atoms with Crippen molar-refractivity contribution in [3.8, 4) is 0 Å². The molecule has 0 amide bonds. The molecular formula is C15H25NO. The molecule has 1 aromatic rings. The lowest BCUT2D eigenvalue weighted by molar-refractivity contribution is 0.0413. The summed E-state index contributed by atoms with van der Waals surface area (Å²) in [4.78, 5) is 0. The van der Waals surface area contributed by atoms with E-state index in [1.54, 1.807) is 0 Å². The van der Waals surface area contributed by atoms with Gasteiger partial charge < -0.3 is 10.5 Å². The molecule has 0 radical (unpaired) electrons. The molecule has 2 N–H and O–H groups in total. The molecule has 2 unspecified atom stereocenters. The summed E-state index contributed by atoms with van der Waals surface area (Å²) in [6.45, 7) is 9.24. The van der Waals surface area contributed by atoms with Crippen molar-refractivity contribution >= 4 is 0 Å². The van der Waals surface area contributed by atoms with Crippen LogP contribution in [0.4, 0.5) is 0 Å². The van der Waals surface area contributed by atoms with Crippen LogP contribution in [0.5, 0.6) is 0 Å². The van der Waals surface area contributed by atoms with Crippen molar-refractivity contribution in [3.63, 3.8) is 0 Å². The first-order chi connectivity index (χ1) is 8.10. The number of hydrogen-bond acceptors (Lipinski definition) is 2. The van der Waals surface area contributed by atoms with Gasteiger partial charge in [-0.25, -0.2) is 0 Å². The molecule has 1 aromatic carbocycles. The Morgan fingerprint density at radius 2 is 1.59 bits per heavy atom. The van der Waals surface area contributed by atoms with E-state index >= 15 is 0 Å². The van der Waals surface area contributed by atoms with Crippen LogP contribution >= 0.6 is 0 Å². The normalized spacial score (nSPS) is 14.9. The van der Waals surface area contributed by atoms with Gasteiger partial charge in [-0.1, -0.05) is 45.0 Å². The standard InChI is InChI=1S/C15H25NO/c1-5-14(17-6-2)15(16)13-9-7-12(8-10-13)11(3)4/h7-11,14-15H,5-6,16H2,1-4H3. The van der Waals surface area contributed by atoms with Gasteiger partial charge in [0.2, 0.25) is 0 Å². The highest BCUT2D eigenvalue weighted by Gasteiger charge is 2.17. The molecular weight excluding hydrogens is 210 g/mol. The van der Waals surface area contributed by atoms with Gasteiger partial charge in [-0.2, -0.15) is 0 Å². The summed E-state index contributed by atoms with van der Waals surface area (Å²) in [5.74, 6) is 0.564. The molecule has 0 fully saturated rings. The minimum atomic E-state index is -0.0267. The van der Waals surface area contributed by atoms with E-state index in [1.165, 1.54) is 5.56 Å². The number of hydrogen-bond donors (Lipinski definition) is 1. The molecule has 0 aliphatic carbocycles. The molecule has 2 atom stereocenters. The quantitative estimate of drug-likeness (QED) is 0.817. The van der Waals surface area contributed by atoms with E-state index in [-0.39, 0.29) is 12.1 Å². The van der Waals surface area contributed by atoms with Crippen LogP contribution in [-0.2, 0) is 4.74 Å². The minimum Gasteiger partial charge on any atom is -0.377 e. The first-order valence-corrected chi connectivity index (χ1v) is 6.57. The van der Waals surface area contributed by atoms with E-state index in [2.05, 4.69) is 45.0 Å². The molecule has 0 saturated carbocycles. The van der Waals surface area contributed by atoms with Crippen molar-refractivity contribution in [1.82, 2.24) is 0 Å². The number of nitrogens with two attached hydrogens (primary N) is 1. The first kappa shape index (κ1) is 14.2. The van der Waals surface area contributed by atoms with E-state index in [4.69, 9.17) is 10.5 Å². The summed E-state index contributed by atoms with van der Waals surface area (Å²) in [7, 11) is 0. The fourth-order valence-electron chi connectivity index (χ4n) is 2.01. The Morgan fingerprint density at radius 1 is 1.06 bits per heavy atom. The van der Waals surface area contributed by atoms with Gasteiger partial charge in [0.25, 0.3) is 0 Å². The van der Waals surface area contributed by atoms with Crippen LogP contribution in [-0.4, -0.2) is 12.7 Å². The Morgan fingerprint density at radius 3 is 2.00 bits per heavy atom. The van der Waals surface area contributed by atoms with Gasteiger partial charge in [-0.15, -0.1) is 0 Å². The molecule has 1 rings (SSSR count). The van der Waals surface area contributed by atoms with Gasteiger partial charge in [0.1, 0.15) is 0 Å². The van der Waals surface area contributed by atoms with Gasteiger partial charge in [0.15, 0.2) is 0 Å². The molecule has 0 heterocycles. The zero-order valence-corrected chi connectivity index (χ0v) is 11.4. The highest BCUT2D eigenvalue weighted by molar-refractivity contribution is 5.27. The second kappa shape index (κ2) is 6.77. The smallest absolute Gasteiger partial charge is 0.0764 e. The summed E-state index contributed by atoms with van der Waals surface area (Å²) < 4.78 is 5.66. The lowest BCUT2D eigenvalue weighted by Gasteiger charge is -2.23. The summed E-state index contributed by atoms with van der Waals surface area (Å²) in [6, 6.07) is 8.56. The molecule has 0 aromatic heterocycles. The van der Waals surface area contributed by atoms with Crippen molar-refractivity contribution in [3.05, 3.63) is 35.4 Å². The molecule has 2 heteroatoms. The Labute approximate surface area is 105 Å². The van der Waals surface area contributed by atoms with Gasteiger partial charge in [-0.3, -0.25) is 0 Å². The molecule has 0 spiro atoms. The molecule has 17 heavy (non-hydrogen) atoms. The predicted molar refractivity (Wildman–Crippen MR) is 73.2 cm³/mol. The fraction of sp³-hybridized carbons (Fsp3) is 0.600. The third-order valence-electron chi connectivity index (χ3n) is 3.17. The van der Waals surface area contributed by atoms with Gasteiger partial charge in [0, 0.05) is 6.61 Å². The molecule has 2 nitrogen and oxygen atoms in total. The van der Waals surface area contributed by atoms with Crippen molar-refractivity contribution in [2.45, 2.75) is 52.2 Å². The monoisotopic (exact) mass is 235 g/mol. The zero-order valence-electron chi connectivity index (χ0n) is 11.4. The van der Waals surface area contributed by atoms with Crippen molar-refractivity contribution in [1.29, 1.82) is 0 Å². The van der Waals surface area contributed by atoms with Crippen LogP contribution in [0.25, 0.3) is 0 Å². The SMILES string of the molecule is CCOC(CC)C(N)c1ccc(C(C)C)cc1. The Kier molecular flexibility index (Phi) is 5.66. The van der Waals surface area contributed by atoms with Crippen LogP contribution in [0.15, 0.2) is 24.3 Å². The van der Waals surface area contributed by atoms with Crippen LogP contribution in [0.3, 0.4) is 0 Å². The Hall–Kier alpha value is -0.860. The fourth-order valence-corrected chi connectivity index (χ4v) is 2.01. The maximum atomic E-state index is 6.24. The molecule has 0 aliphatic rings. The number of ether oxygens (including phenoxy) is 1. The Balaban J connectivity index is 2.77. The second-order valence-corrected chi connectivity index (χ2v) is 4.75. The molecule has 0 aliphatic heterocycles.